The van der Waals surface area contributed by atoms with Crippen molar-refractivity contribution in [3.8, 4) is 11.4 Å². The lowest BCUT2D eigenvalue weighted by Gasteiger charge is -2.30. The molecule has 4 aromatic rings. The molecule has 0 spiro atoms. The molecule has 2 aliphatic rings. The Kier molecular flexibility index (Phi) is 7.58. The van der Waals surface area contributed by atoms with Gasteiger partial charge in [0, 0.05) is 48.1 Å². The highest BCUT2D eigenvalue weighted by Gasteiger charge is 2.56. The van der Waals surface area contributed by atoms with E-state index < -0.39 is 30.5 Å². The van der Waals surface area contributed by atoms with Crippen LogP contribution in [0.3, 0.4) is 0 Å². The van der Waals surface area contributed by atoms with Crippen molar-refractivity contribution >= 4 is 11.6 Å². The first kappa shape index (κ1) is 29.0. The molecule has 3 aromatic heterocycles. The molecule has 2 aliphatic carbocycles. The molecular formula is C33H34F3N5O2. The van der Waals surface area contributed by atoms with Crippen molar-refractivity contribution in [2.45, 2.75) is 76.6 Å². The van der Waals surface area contributed by atoms with Crippen LogP contribution in [0.1, 0.15) is 76.5 Å². The number of amides is 1. The number of carbonyl (C=O) groups is 1. The number of benzene rings is 1. The molecule has 0 aliphatic heterocycles. The Balaban J connectivity index is 1.45. The highest BCUT2D eigenvalue weighted by atomic mass is 19.4. The van der Waals surface area contributed by atoms with E-state index in [1.807, 2.05) is 25.1 Å². The number of hydrogen-bond donors (Lipinski definition) is 2. The first-order valence-corrected chi connectivity index (χ1v) is 14.7. The molecule has 2 N–H and O–H groups in total. The van der Waals surface area contributed by atoms with Crippen LogP contribution in [0.4, 0.5) is 18.9 Å². The molecule has 1 aromatic carbocycles. The van der Waals surface area contributed by atoms with Crippen LogP contribution in [0.15, 0.2) is 60.9 Å². The van der Waals surface area contributed by atoms with Gasteiger partial charge in [-0.25, -0.2) is 0 Å². The Morgan fingerprint density at radius 1 is 1.07 bits per heavy atom. The lowest BCUT2D eigenvalue weighted by molar-refractivity contribution is -0.262. The van der Waals surface area contributed by atoms with E-state index in [2.05, 4.69) is 15.3 Å². The number of anilines is 1. The molecule has 1 amide bonds. The molecule has 10 heteroatoms. The molecule has 224 valence electrons. The highest BCUT2D eigenvalue weighted by Crippen LogP contribution is 2.48. The van der Waals surface area contributed by atoms with Gasteiger partial charge in [-0.2, -0.15) is 18.3 Å². The molecular weight excluding hydrogens is 555 g/mol. The van der Waals surface area contributed by atoms with E-state index >= 15 is 0 Å². The first-order valence-electron chi connectivity index (χ1n) is 14.7. The summed E-state index contributed by atoms with van der Waals surface area (Å²) in [4.78, 5) is 21.8. The number of aryl methyl sites for hydroxylation is 2. The number of carbonyl (C=O) groups excluding carboxylic acids is 1. The van der Waals surface area contributed by atoms with Crippen LogP contribution in [0.2, 0.25) is 0 Å². The summed E-state index contributed by atoms with van der Waals surface area (Å²) in [6.07, 6.45) is 0.614. The minimum atomic E-state index is -4.81. The van der Waals surface area contributed by atoms with E-state index in [0.29, 0.717) is 52.1 Å². The van der Waals surface area contributed by atoms with Gasteiger partial charge < -0.3 is 10.4 Å². The average molecular weight is 590 g/mol. The van der Waals surface area contributed by atoms with E-state index in [-0.39, 0.29) is 12.3 Å². The van der Waals surface area contributed by atoms with Gasteiger partial charge in [-0.15, -0.1) is 0 Å². The molecule has 0 bridgehead atoms. The second-order valence-electron chi connectivity index (χ2n) is 11.9. The van der Waals surface area contributed by atoms with Crippen molar-refractivity contribution in [2.75, 3.05) is 5.32 Å². The van der Waals surface area contributed by atoms with Crippen LogP contribution in [0, 0.1) is 19.8 Å². The summed E-state index contributed by atoms with van der Waals surface area (Å²) < 4.78 is 45.0. The van der Waals surface area contributed by atoms with Crippen molar-refractivity contribution in [2.24, 2.45) is 5.92 Å². The van der Waals surface area contributed by atoms with Crippen LogP contribution in [0.5, 0.6) is 0 Å². The number of halogens is 3. The zero-order valence-corrected chi connectivity index (χ0v) is 24.2. The first-order chi connectivity index (χ1) is 20.5. The summed E-state index contributed by atoms with van der Waals surface area (Å²) in [5.41, 5.74) is 2.59. The maximum atomic E-state index is 14.4. The van der Waals surface area contributed by atoms with Crippen molar-refractivity contribution in [1.82, 2.24) is 19.7 Å². The number of aromatic nitrogens is 4. The van der Waals surface area contributed by atoms with E-state index in [9.17, 15) is 23.1 Å². The van der Waals surface area contributed by atoms with Gasteiger partial charge in [0.05, 0.1) is 17.1 Å². The molecule has 1 fully saturated rings. The van der Waals surface area contributed by atoms with Gasteiger partial charge in [0.25, 0.3) is 5.91 Å². The molecule has 2 unspecified atom stereocenters. The molecule has 0 saturated heterocycles. The van der Waals surface area contributed by atoms with Gasteiger partial charge in [0.2, 0.25) is 0 Å². The van der Waals surface area contributed by atoms with Crippen molar-refractivity contribution in [3.05, 3.63) is 94.6 Å². The molecule has 2 atom stereocenters. The van der Waals surface area contributed by atoms with Crippen molar-refractivity contribution < 1.29 is 23.1 Å². The summed E-state index contributed by atoms with van der Waals surface area (Å²) in [5.74, 6) is -0.457. The summed E-state index contributed by atoms with van der Waals surface area (Å²) in [5, 5.41) is 18.9. The molecule has 43 heavy (non-hydrogen) atoms. The number of nitrogens with one attached hydrogen (secondary N) is 1. The monoisotopic (exact) mass is 589 g/mol. The minimum absolute atomic E-state index is 0.0548. The predicted octanol–water partition coefficient (Wildman–Crippen LogP) is 6.77. The van der Waals surface area contributed by atoms with E-state index in [4.69, 9.17) is 5.10 Å². The second-order valence-corrected chi connectivity index (χ2v) is 11.9. The topological polar surface area (TPSA) is 92.9 Å². The van der Waals surface area contributed by atoms with Gasteiger partial charge in [-0.3, -0.25) is 19.4 Å². The summed E-state index contributed by atoms with van der Waals surface area (Å²) in [6, 6.07) is 14.2. The lowest BCUT2D eigenvalue weighted by Crippen LogP contribution is -2.47. The van der Waals surface area contributed by atoms with Gasteiger partial charge in [0.1, 0.15) is 5.69 Å². The molecule has 6 rings (SSSR count). The maximum absolute atomic E-state index is 14.4. The largest absolute Gasteiger partial charge is 0.417 e. The Morgan fingerprint density at radius 2 is 1.86 bits per heavy atom. The van der Waals surface area contributed by atoms with Crippen molar-refractivity contribution in [1.29, 1.82) is 0 Å². The zero-order valence-electron chi connectivity index (χ0n) is 24.2. The summed E-state index contributed by atoms with van der Waals surface area (Å²) in [7, 11) is 0. The Hall–Kier alpha value is -4.05. The maximum Gasteiger partial charge on any atom is 0.417 e. The van der Waals surface area contributed by atoms with Crippen molar-refractivity contribution in [3.63, 3.8) is 0 Å². The SMILES string of the molecule is Cc1cc(C(=O)Nc2cccnc2C)ccc1C1CCC(O)(C(F)(F)F)Cc2c1c(-c1ccccn1)nn2CC1CCC1. The van der Waals surface area contributed by atoms with Gasteiger partial charge in [-0.05, 0) is 93.0 Å². The molecule has 3 heterocycles. The standard InChI is InChI=1S/C33H34F3N5O2/c1-20-17-23(31(42)39-26-10-6-16-37-21(26)2)11-12-24(20)25-13-14-32(43,33(34,35)36)18-28-29(25)30(27-9-3-4-15-38-27)40-41(28)19-22-7-5-8-22/h3-4,6,9-12,15-17,22,25,43H,5,7-8,13-14,18-19H2,1-2H3,(H,39,42). The van der Waals surface area contributed by atoms with Crippen LogP contribution in [-0.4, -0.2) is 42.5 Å². The van der Waals surface area contributed by atoms with E-state index in [1.165, 1.54) is 0 Å². The van der Waals surface area contributed by atoms with E-state index in [0.717, 1.165) is 30.4 Å². The zero-order chi connectivity index (χ0) is 30.4. The molecule has 0 radical (unpaired) electrons. The normalized spacial score (nSPS) is 20.7. The molecule has 1 saturated carbocycles. The number of alkyl halides is 3. The third kappa shape index (κ3) is 5.56. The van der Waals surface area contributed by atoms with Gasteiger partial charge in [0.15, 0.2) is 5.60 Å². The number of rotatable bonds is 6. The Morgan fingerprint density at radius 3 is 2.51 bits per heavy atom. The van der Waals surface area contributed by atoms with Crippen LogP contribution in [-0.2, 0) is 13.0 Å². The molecule has 7 nitrogen and oxygen atoms in total. The minimum Gasteiger partial charge on any atom is -0.380 e. The fourth-order valence-electron chi connectivity index (χ4n) is 6.29. The Bertz CT molecular complexity index is 1650. The number of fused-ring (bicyclic) bond motifs is 1. The smallest absolute Gasteiger partial charge is 0.380 e. The quantitative estimate of drug-likeness (QED) is 0.242. The third-order valence-electron chi connectivity index (χ3n) is 9.01. The Labute approximate surface area is 248 Å². The fourth-order valence-corrected chi connectivity index (χ4v) is 6.29. The highest BCUT2D eigenvalue weighted by molar-refractivity contribution is 6.04. The van der Waals surface area contributed by atoms with Crippen LogP contribution in [0.25, 0.3) is 11.4 Å². The summed E-state index contributed by atoms with van der Waals surface area (Å²) in [6.45, 7) is 4.17. The summed E-state index contributed by atoms with van der Waals surface area (Å²) >= 11 is 0. The second kappa shape index (κ2) is 11.2. The lowest BCUT2D eigenvalue weighted by atomic mass is 9.83. The van der Waals surface area contributed by atoms with Crippen LogP contribution >= 0.6 is 0 Å². The average Bonchev–Trinajstić information content (AvgIpc) is 3.20. The predicted molar refractivity (Wildman–Crippen MR) is 157 cm³/mol. The number of nitrogens with zero attached hydrogens (tertiary/aromatic N) is 4. The van der Waals surface area contributed by atoms with E-state index in [1.54, 1.807) is 54.3 Å². The van der Waals surface area contributed by atoms with Gasteiger partial charge >= 0.3 is 6.18 Å². The fraction of sp³-hybridized carbons (Fsp3) is 0.394. The van der Waals surface area contributed by atoms with Crippen LogP contribution < -0.4 is 5.32 Å². The number of aliphatic hydroxyl groups is 1. The third-order valence-corrected chi connectivity index (χ3v) is 9.01. The number of hydrogen-bond acceptors (Lipinski definition) is 5. The van der Waals surface area contributed by atoms with Gasteiger partial charge in [-0.1, -0.05) is 18.6 Å². The number of pyridine rings is 2.